The summed E-state index contributed by atoms with van der Waals surface area (Å²) in [4.78, 5) is 13.3. The molecule has 1 N–H and O–H groups in total. The third-order valence-corrected chi connectivity index (χ3v) is 2.19. The molecule has 0 radical (unpaired) electrons. The molecule has 4 nitrogen and oxygen atoms in total. The van der Waals surface area contributed by atoms with E-state index in [2.05, 4.69) is 4.90 Å². The summed E-state index contributed by atoms with van der Waals surface area (Å²) in [6, 6.07) is 0. The van der Waals surface area contributed by atoms with Gasteiger partial charge in [0, 0.05) is 6.54 Å². The van der Waals surface area contributed by atoms with Gasteiger partial charge < -0.3 is 14.7 Å². The molecule has 1 aliphatic heterocycles. The minimum absolute atomic E-state index is 0.0878. The fourth-order valence-corrected chi connectivity index (χ4v) is 1.49. The summed E-state index contributed by atoms with van der Waals surface area (Å²) in [5.74, 6) is -0.207. The predicted molar refractivity (Wildman–Crippen MR) is 48.3 cm³/mol. The van der Waals surface area contributed by atoms with Crippen molar-refractivity contribution in [2.24, 2.45) is 0 Å². The Hall–Kier alpha value is -0.610. The van der Waals surface area contributed by atoms with Crippen LogP contribution in [0.3, 0.4) is 0 Å². The van der Waals surface area contributed by atoms with Crippen LogP contribution in [0.1, 0.15) is 19.3 Å². The Labute approximate surface area is 78.5 Å². The van der Waals surface area contributed by atoms with E-state index >= 15 is 0 Å². The molecule has 0 amide bonds. The molecule has 0 unspecified atom stereocenters. The number of nitrogens with zero attached hydrogens (tertiary/aromatic N) is 1. The first-order valence-electron chi connectivity index (χ1n) is 4.82. The zero-order chi connectivity index (χ0) is 9.52. The molecule has 0 aromatic carbocycles. The molecule has 0 aromatic heterocycles. The summed E-state index contributed by atoms with van der Waals surface area (Å²) in [6.45, 7) is 3.04. The molecule has 1 fully saturated rings. The van der Waals surface area contributed by atoms with Crippen molar-refractivity contribution < 1.29 is 14.6 Å². The molecule has 1 aliphatic rings. The second-order valence-corrected chi connectivity index (χ2v) is 3.24. The highest BCUT2D eigenvalue weighted by molar-refractivity contribution is 5.69. The van der Waals surface area contributed by atoms with E-state index in [0.29, 0.717) is 6.42 Å². The standard InChI is InChI=1S/C9H17NO3/c11-7-8-13-9(12)3-6-10-4-1-2-5-10/h11H,1-8H2. The van der Waals surface area contributed by atoms with Gasteiger partial charge in [-0.25, -0.2) is 0 Å². The Bertz CT molecular complexity index is 155. The molecule has 13 heavy (non-hydrogen) atoms. The summed E-state index contributed by atoms with van der Waals surface area (Å²) in [7, 11) is 0. The highest BCUT2D eigenvalue weighted by Crippen LogP contribution is 2.07. The minimum atomic E-state index is -0.207. The van der Waals surface area contributed by atoms with Crippen LogP contribution >= 0.6 is 0 Å². The number of aliphatic hydroxyl groups is 1. The highest BCUT2D eigenvalue weighted by atomic mass is 16.5. The van der Waals surface area contributed by atoms with E-state index in [1.54, 1.807) is 0 Å². The maximum Gasteiger partial charge on any atom is 0.307 e. The van der Waals surface area contributed by atoms with Gasteiger partial charge in [0.25, 0.3) is 0 Å². The van der Waals surface area contributed by atoms with E-state index in [4.69, 9.17) is 9.84 Å². The van der Waals surface area contributed by atoms with Crippen molar-refractivity contribution in [3.63, 3.8) is 0 Å². The minimum Gasteiger partial charge on any atom is -0.463 e. The topological polar surface area (TPSA) is 49.8 Å². The summed E-state index contributed by atoms with van der Waals surface area (Å²) in [5.41, 5.74) is 0. The molecule has 0 atom stereocenters. The van der Waals surface area contributed by atoms with Crippen LogP contribution < -0.4 is 0 Å². The van der Waals surface area contributed by atoms with Gasteiger partial charge in [-0.05, 0) is 25.9 Å². The Morgan fingerprint density at radius 2 is 2.08 bits per heavy atom. The van der Waals surface area contributed by atoms with Gasteiger partial charge in [0.1, 0.15) is 6.61 Å². The molecule has 0 bridgehead atoms. The molecule has 1 saturated heterocycles. The first-order chi connectivity index (χ1) is 6.33. The number of esters is 1. The van der Waals surface area contributed by atoms with E-state index < -0.39 is 0 Å². The van der Waals surface area contributed by atoms with Crippen LogP contribution in [-0.2, 0) is 9.53 Å². The molecular weight excluding hydrogens is 170 g/mol. The summed E-state index contributed by atoms with van der Waals surface area (Å²) >= 11 is 0. The van der Waals surface area contributed by atoms with Crippen molar-refractivity contribution in [3.8, 4) is 0 Å². The summed E-state index contributed by atoms with van der Waals surface area (Å²) in [6.07, 6.45) is 2.93. The van der Waals surface area contributed by atoms with E-state index in [-0.39, 0.29) is 19.2 Å². The van der Waals surface area contributed by atoms with Gasteiger partial charge in [0.05, 0.1) is 13.0 Å². The number of rotatable bonds is 5. The van der Waals surface area contributed by atoms with Crippen molar-refractivity contribution in [3.05, 3.63) is 0 Å². The van der Waals surface area contributed by atoms with Crippen LogP contribution in [0.15, 0.2) is 0 Å². The summed E-state index contributed by atoms with van der Waals surface area (Å²) in [5, 5.41) is 8.41. The number of hydrogen-bond acceptors (Lipinski definition) is 4. The average molecular weight is 187 g/mol. The number of likely N-dealkylation sites (tertiary alicyclic amines) is 1. The monoisotopic (exact) mass is 187 g/mol. The predicted octanol–water partition coefficient (Wildman–Crippen LogP) is 0.00780. The van der Waals surface area contributed by atoms with Crippen LogP contribution in [0.5, 0.6) is 0 Å². The maximum absolute atomic E-state index is 11.0. The molecule has 1 heterocycles. The fraction of sp³-hybridized carbons (Fsp3) is 0.889. The van der Waals surface area contributed by atoms with Gasteiger partial charge in [0.2, 0.25) is 0 Å². The fourth-order valence-electron chi connectivity index (χ4n) is 1.49. The average Bonchev–Trinajstić information content (AvgIpc) is 2.64. The SMILES string of the molecule is O=C(CCN1CCCC1)OCCO. The first-order valence-corrected chi connectivity index (χ1v) is 4.82. The van der Waals surface area contributed by atoms with E-state index in [1.165, 1.54) is 12.8 Å². The lowest BCUT2D eigenvalue weighted by Gasteiger charge is -2.13. The lowest BCUT2D eigenvalue weighted by molar-refractivity contribution is -0.144. The van der Waals surface area contributed by atoms with Crippen LogP contribution in [0.4, 0.5) is 0 Å². The molecule has 0 aromatic rings. The van der Waals surface area contributed by atoms with Crippen LogP contribution in [0.2, 0.25) is 0 Å². The Kier molecular flexibility index (Phi) is 4.78. The molecule has 76 valence electrons. The zero-order valence-corrected chi connectivity index (χ0v) is 7.87. The number of ether oxygens (including phenoxy) is 1. The van der Waals surface area contributed by atoms with Crippen molar-refractivity contribution >= 4 is 5.97 Å². The second kappa shape index (κ2) is 5.94. The van der Waals surface area contributed by atoms with E-state index in [0.717, 1.165) is 19.6 Å². The van der Waals surface area contributed by atoms with Gasteiger partial charge >= 0.3 is 5.97 Å². The van der Waals surface area contributed by atoms with Crippen molar-refractivity contribution in [1.29, 1.82) is 0 Å². The molecule has 0 saturated carbocycles. The molecular formula is C9H17NO3. The molecule has 0 aliphatic carbocycles. The number of hydrogen-bond donors (Lipinski definition) is 1. The van der Waals surface area contributed by atoms with Gasteiger partial charge in [-0.1, -0.05) is 0 Å². The number of carbonyl (C=O) groups excluding carboxylic acids is 1. The normalized spacial score (nSPS) is 17.6. The van der Waals surface area contributed by atoms with Gasteiger partial charge in [-0.3, -0.25) is 4.79 Å². The van der Waals surface area contributed by atoms with Crippen LogP contribution in [-0.4, -0.2) is 48.8 Å². The van der Waals surface area contributed by atoms with Gasteiger partial charge in [-0.2, -0.15) is 0 Å². The Morgan fingerprint density at radius 1 is 1.38 bits per heavy atom. The Morgan fingerprint density at radius 3 is 2.69 bits per heavy atom. The van der Waals surface area contributed by atoms with E-state index in [1.807, 2.05) is 0 Å². The third kappa shape index (κ3) is 4.24. The second-order valence-electron chi connectivity index (χ2n) is 3.24. The highest BCUT2D eigenvalue weighted by Gasteiger charge is 2.12. The molecule has 0 spiro atoms. The smallest absolute Gasteiger partial charge is 0.307 e. The van der Waals surface area contributed by atoms with Crippen molar-refractivity contribution in [2.75, 3.05) is 32.8 Å². The molecule has 4 heteroatoms. The Balaban J connectivity index is 2.00. The molecule has 1 rings (SSSR count). The van der Waals surface area contributed by atoms with Gasteiger partial charge in [-0.15, -0.1) is 0 Å². The van der Waals surface area contributed by atoms with E-state index in [9.17, 15) is 4.79 Å². The van der Waals surface area contributed by atoms with Crippen LogP contribution in [0.25, 0.3) is 0 Å². The van der Waals surface area contributed by atoms with Crippen molar-refractivity contribution in [2.45, 2.75) is 19.3 Å². The third-order valence-electron chi connectivity index (χ3n) is 2.19. The number of carbonyl (C=O) groups is 1. The van der Waals surface area contributed by atoms with Crippen molar-refractivity contribution in [1.82, 2.24) is 4.90 Å². The lowest BCUT2D eigenvalue weighted by Crippen LogP contribution is -2.23. The largest absolute Gasteiger partial charge is 0.463 e. The number of aliphatic hydroxyl groups excluding tert-OH is 1. The quantitative estimate of drug-likeness (QED) is 0.616. The summed E-state index contributed by atoms with van der Waals surface area (Å²) < 4.78 is 4.74. The maximum atomic E-state index is 11.0. The van der Waals surface area contributed by atoms with Crippen LogP contribution in [0, 0.1) is 0 Å². The van der Waals surface area contributed by atoms with Gasteiger partial charge in [0.15, 0.2) is 0 Å². The zero-order valence-electron chi connectivity index (χ0n) is 7.87. The first kappa shape index (κ1) is 10.5. The lowest BCUT2D eigenvalue weighted by atomic mass is 10.4.